The molecule has 0 radical (unpaired) electrons. The number of nitrogens with zero attached hydrogens (tertiary/aromatic N) is 1. The number of aromatic nitrogens is 1. The van der Waals surface area contributed by atoms with Crippen LogP contribution < -0.4 is 16.0 Å². The first-order valence-electron chi connectivity index (χ1n) is 6.05. The lowest BCUT2D eigenvalue weighted by Gasteiger charge is -2.07. The number of carbonyl (C=O) groups is 2. The van der Waals surface area contributed by atoms with Gasteiger partial charge in [0.2, 0.25) is 0 Å². The molecule has 1 heterocycles. The fourth-order valence-electron chi connectivity index (χ4n) is 1.48. The molecule has 8 heteroatoms. The molecule has 3 amide bonds. The van der Waals surface area contributed by atoms with Crippen LogP contribution in [-0.4, -0.2) is 24.2 Å². The molecule has 0 saturated carbocycles. The van der Waals surface area contributed by atoms with E-state index in [0.717, 1.165) is 5.56 Å². The summed E-state index contributed by atoms with van der Waals surface area (Å²) in [6.45, 7) is 0.371. The molecule has 0 saturated heterocycles. The van der Waals surface area contributed by atoms with Crippen LogP contribution in [0.1, 0.15) is 5.56 Å². The maximum atomic E-state index is 11.6. The summed E-state index contributed by atoms with van der Waals surface area (Å²) in [7, 11) is 1.30. The third-order valence-electron chi connectivity index (χ3n) is 2.49. The summed E-state index contributed by atoms with van der Waals surface area (Å²) >= 11 is 1.35. The third-order valence-corrected chi connectivity index (χ3v) is 3.18. The number of amides is 3. The van der Waals surface area contributed by atoms with E-state index < -0.39 is 6.09 Å². The second-order valence-electron chi connectivity index (χ2n) is 3.96. The molecule has 0 aliphatic heterocycles. The van der Waals surface area contributed by atoms with Crippen molar-refractivity contribution in [2.75, 3.05) is 17.7 Å². The van der Waals surface area contributed by atoms with Gasteiger partial charge in [-0.05, 0) is 17.7 Å². The minimum Gasteiger partial charge on any atom is -0.453 e. The molecule has 2 rings (SSSR count). The number of ether oxygens (including phenoxy) is 1. The van der Waals surface area contributed by atoms with Gasteiger partial charge in [-0.2, -0.15) is 0 Å². The fraction of sp³-hybridized carbons (Fsp3) is 0.154. The first-order chi connectivity index (χ1) is 10.2. The zero-order valence-corrected chi connectivity index (χ0v) is 12.1. The molecule has 0 bridgehead atoms. The molecule has 1 aromatic carbocycles. The van der Waals surface area contributed by atoms with E-state index >= 15 is 0 Å². The van der Waals surface area contributed by atoms with E-state index in [4.69, 9.17) is 0 Å². The van der Waals surface area contributed by atoms with Crippen molar-refractivity contribution in [2.45, 2.75) is 6.54 Å². The van der Waals surface area contributed by atoms with E-state index in [1.165, 1.54) is 18.4 Å². The van der Waals surface area contributed by atoms with Crippen molar-refractivity contribution in [3.63, 3.8) is 0 Å². The van der Waals surface area contributed by atoms with Crippen molar-refractivity contribution >= 4 is 34.3 Å². The van der Waals surface area contributed by atoms with Gasteiger partial charge in [0.05, 0.1) is 7.11 Å². The molecule has 2 aromatic rings. The average molecular weight is 306 g/mol. The summed E-state index contributed by atoms with van der Waals surface area (Å²) in [6, 6.07) is 6.74. The number of carbonyl (C=O) groups excluding carboxylic acids is 2. The van der Waals surface area contributed by atoms with Gasteiger partial charge in [0.25, 0.3) is 0 Å². The molecule has 110 valence electrons. The van der Waals surface area contributed by atoms with Gasteiger partial charge in [-0.15, -0.1) is 11.3 Å². The van der Waals surface area contributed by atoms with Crippen LogP contribution in [0.25, 0.3) is 0 Å². The molecule has 0 atom stereocenters. The van der Waals surface area contributed by atoms with Crippen LogP contribution in [0.5, 0.6) is 0 Å². The number of benzene rings is 1. The Bertz CT molecular complexity index is 598. The Kier molecular flexibility index (Phi) is 5.10. The molecule has 3 N–H and O–H groups in total. The summed E-state index contributed by atoms with van der Waals surface area (Å²) < 4.78 is 4.49. The highest BCUT2D eigenvalue weighted by Gasteiger charge is 2.04. The average Bonchev–Trinajstić information content (AvgIpc) is 2.99. The lowest BCUT2D eigenvalue weighted by atomic mass is 10.2. The predicted octanol–water partition coefficient (Wildman–Crippen LogP) is 2.64. The van der Waals surface area contributed by atoms with Crippen molar-refractivity contribution in [1.82, 2.24) is 10.3 Å². The number of methoxy groups -OCH3 is 1. The van der Waals surface area contributed by atoms with Gasteiger partial charge in [0.15, 0.2) is 5.13 Å². The Hall–Kier alpha value is -2.61. The number of hydrogen-bond donors (Lipinski definition) is 3. The highest BCUT2D eigenvalue weighted by molar-refractivity contribution is 7.13. The van der Waals surface area contributed by atoms with E-state index in [2.05, 4.69) is 25.7 Å². The van der Waals surface area contributed by atoms with Gasteiger partial charge >= 0.3 is 12.1 Å². The Morgan fingerprint density at radius 2 is 2.00 bits per heavy atom. The van der Waals surface area contributed by atoms with Crippen LogP contribution >= 0.6 is 11.3 Å². The van der Waals surface area contributed by atoms with E-state index in [0.29, 0.717) is 17.4 Å². The smallest absolute Gasteiger partial charge is 0.411 e. The quantitative estimate of drug-likeness (QED) is 0.809. The van der Waals surface area contributed by atoms with Crippen LogP contribution in [0.2, 0.25) is 0 Å². The second-order valence-corrected chi connectivity index (χ2v) is 4.85. The highest BCUT2D eigenvalue weighted by atomic mass is 32.1. The topological polar surface area (TPSA) is 92.4 Å². The SMILES string of the molecule is COC(=O)Nc1ccc(CNC(=O)Nc2nccs2)cc1. The fourth-order valence-corrected chi connectivity index (χ4v) is 2.01. The zero-order chi connectivity index (χ0) is 15.1. The second kappa shape index (κ2) is 7.25. The van der Waals surface area contributed by atoms with E-state index in [9.17, 15) is 9.59 Å². The summed E-state index contributed by atoms with van der Waals surface area (Å²) in [5.41, 5.74) is 1.53. The molecular formula is C13H14N4O3S. The minimum absolute atomic E-state index is 0.318. The minimum atomic E-state index is -0.524. The molecule has 21 heavy (non-hydrogen) atoms. The molecule has 1 aromatic heterocycles. The van der Waals surface area contributed by atoms with Crippen molar-refractivity contribution in [1.29, 1.82) is 0 Å². The van der Waals surface area contributed by atoms with E-state index in [1.54, 1.807) is 35.8 Å². The van der Waals surface area contributed by atoms with E-state index in [-0.39, 0.29) is 6.03 Å². The number of hydrogen-bond acceptors (Lipinski definition) is 5. The maximum absolute atomic E-state index is 11.6. The molecule has 0 aliphatic rings. The summed E-state index contributed by atoms with van der Waals surface area (Å²) in [5.74, 6) is 0. The Labute approximate surface area is 125 Å². The lowest BCUT2D eigenvalue weighted by molar-refractivity contribution is 0.187. The van der Waals surface area contributed by atoms with Gasteiger partial charge in [-0.25, -0.2) is 14.6 Å². The standard InChI is InChI=1S/C13H14N4O3S/c1-20-13(19)16-10-4-2-9(3-5-10)8-15-11(18)17-12-14-6-7-21-12/h2-7H,8H2,1H3,(H,16,19)(H2,14,15,17,18). The normalized spacial score (nSPS) is 9.76. The van der Waals surface area contributed by atoms with Gasteiger partial charge in [-0.1, -0.05) is 12.1 Å². The monoisotopic (exact) mass is 306 g/mol. The maximum Gasteiger partial charge on any atom is 0.411 e. The largest absolute Gasteiger partial charge is 0.453 e. The van der Waals surface area contributed by atoms with Gasteiger partial charge in [0.1, 0.15) is 0 Å². The molecule has 0 aliphatic carbocycles. The Morgan fingerprint density at radius 3 is 2.62 bits per heavy atom. The first kappa shape index (κ1) is 14.8. The highest BCUT2D eigenvalue weighted by Crippen LogP contribution is 2.11. The lowest BCUT2D eigenvalue weighted by Crippen LogP contribution is -2.28. The predicted molar refractivity (Wildman–Crippen MR) is 80.4 cm³/mol. The molecule has 7 nitrogen and oxygen atoms in total. The van der Waals surface area contributed by atoms with Crippen LogP contribution in [-0.2, 0) is 11.3 Å². The van der Waals surface area contributed by atoms with Crippen molar-refractivity contribution in [3.8, 4) is 0 Å². The molecule has 0 fully saturated rings. The van der Waals surface area contributed by atoms with Gasteiger partial charge < -0.3 is 10.1 Å². The van der Waals surface area contributed by atoms with Crippen molar-refractivity contribution in [3.05, 3.63) is 41.4 Å². The number of thiazole rings is 1. The molecular weight excluding hydrogens is 292 g/mol. The van der Waals surface area contributed by atoms with Crippen LogP contribution in [0.4, 0.5) is 20.4 Å². The van der Waals surface area contributed by atoms with Crippen molar-refractivity contribution in [2.24, 2.45) is 0 Å². The summed E-state index contributed by atoms with van der Waals surface area (Å²) in [5, 5.41) is 10.2. The zero-order valence-electron chi connectivity index (χ0n) is 11.3. The van der Waals surface area contributed by atoms with Crippen molar-refractivity contribution < 1.29 is 14.3 Å². The summed E-state index contributed by atoms with van der Waals surface area (Å²) in [4.78, 5) is 26.6. The number of rotatable bonds is 4. The molecule has 0 spiro atoms. The number of nitrogens with one attached hydrogen (secondary N) is 3. The number of anilines is 2. The summed E-state index contributed by atoms with van der Waals surface area (Å²) in [6.07, 6.45) is 1.09. The Morgan fingerprint density at radius 1 is 1.24 bits per heavy atom. The third kappa shape index (κ3) is 4.77. The van der Waals surface area contributed by atoms with Crippen LogP contribution in [0.15, 0.2) is 35.8 Å². The van der Waals surface area contributed by atoms with Gasteiger partial charge in [-0.3, -0.25) is 10.6 Å². The number of urea groups is 1. The first-order valence-corrected chi connectivity index (χ1v) is 6.93. The van der Waals surface area contributed by atoms with Gasteiger partial charge in [0, 0.05) is 23.8 Å². The molecule has 0 unspecified atom stereocenters. The van der Waals surface area contributed by atoms with Crippen LogP contribution in [0.3, 0.4) is 0 Å². The Balaban J connectivity index is 1.80. The van der Waals surface area contributed by atoms with Crippen LogP contribution in [0, 0.1) is 0 Å². The van der Waals surface area contributed by atoms with E-state index in [1.807, 2.05) is 0 Å².